The van der Waals surface area contributed by atoms with Crippen molar-refractivity contribution in [3.63, 3.8) is 0 Å². The number of nitrogens with zero attached hydrogens (tertiary/aromatic N) is 2. The highest BCUT2D eigenvalue weighted by Crippen LogP contribution is 2.18. The second-order valence-electron chi connectivity index (χ2n) is 3.61. The molecule has 2 rings (SSSR count). The zero-order valence-corrected chi connectivity index (χ0v) is 8.57. The molecule has 1 aromatic heterocycles. The van der Waals surface area contributed by atoms with Crippen LogP contribution < -0.4 is 5.32 Å². The zero-order chi connectivity index (χ0) is 9.80. The third-order valence-corrected chi connectivity index (χ3v) is 2.54. The maximum Gasteiger partial charge on any atom is 0.0953 e. The maximum absolute atomic E-state index is 5.34. The van der Waals surface area contributed by atoms with Crippen molar-refractivity contribution in [2.24, 2.45) is 0 Å². The summed E-state index contributed by atoms with van der Waals surface area (Å²) in [5.74, 6) is 0. The number of hydrogen-bond donors (Lipinski definition) is 1. The largest absolute Gasteiger partial charge is 0.379 e. The fourth-order valence-corrected chi connectivity index (χ4v) is 1.68. The van der Waals surface area contributed by atoms with E-state index < -0.39 is 0 Å². The van der Waals surface area contributed by atoms with Gasteiger partial charge in [-0.2, -0.15) is 0 Å². The van der Waals surface area contributed by atoms with Crippen molar-refractivity contribution in [1.29, 1.82) is 0 Å². The van der Waals surface area contributed by atoms with Crippen molar-refractivity contribution in [3.05, 3.63) is 18.2 Å². The van der Waals surface area contributed by atoms with Gasteiger partial charge in [-0.3, -0.25) is 0 Å². The molecule has 1 saturated heterocycles. The lowest BCUT2D eigenvalue weighted by Crippen LogP contribution is -2.12. The second kappa shape index (κ2) is 4.57. The van der Waals surface area contributed by atoms with Gasteiger partial charge in [-0.25, -0.2) is 4.98 Å². The Balaban J connectivity index is 1.94. The minimum absolute atomic E-state index is 0.498. The summed E-state index contributed by atoms with van der Waals surface area (Å²) in [7, 11) is 0. The fourth-order valence-electron chi connectivity index (χ4n) is 1.68. The standard InChI is InChI=1S/C10H17N3O/c1-2-11-5-9-6-13(8-12-9)10-3-4-14-7-10/h6,8,10-11H,2-5,7H2,1H3. The van der Waals surface area contributed by atoms with Crippen LogP contribution >= 0.6 is 0 Å². The molecule has 1 unspecified atom stereocenters. The van der Waals surface area contributed by atoms with Gasteiger partial charge in [0.05, 0.1) is 24.7 Å². The summed E-state index contributed by atoms with van der Waals surface area (Å²) in [4.78, 5) is 4.34. The zero-order valence-electron chi connectivity index (χ0n) is 8.57. The molecule has 1 N–H and O–H groups in total. The minimum Gasteiger partial charge on any atom is -0.379 e. The Morgan fingerprint density at radius 3 is 3.36 bits per heavy atom. The lowest BCUT2D eigenvalue weighted by Gasteiger charge is -2.07. The van der Waals surface area contributed by atoms with Crippen molar-refractivity contribution in [2.45, 2.75) is 25.9 Å². The molecule has 4 heteroatoms. The van der Waals surface area contributed by atoms with Crippen LogP contribution in [-0.2, 0) is 11.3 Å². The van der Waals surface area contributed by atoms with Crippen molar-refractivity contribution in [2.75, 3.05) is 19.8 Å². The summed E-state index contributed by atoms with van der Waals surface area (Å²) in [6.45, 7) is 5.65. The quantitative estimate of drug-likeness (QED) is 0.777. The molecule has 0 saturated carbocycles. The molecule has 1 fully saturated rings. The van der Waals surface area contributed by atoms with Crippen LogP contribution in [0.15, 0.2) is 12.5 Å². The van der Waals surface area contributed by atoms with Crippen molar-refractivity contribution in [3.8, 4) is 0 Å². The van der Waals surface area contributed by atoms with E-state index in [0.717, 1.165) is 38.4 Å². The van der Waals surface area contributed by atoms with Gasteiger partial charge in [0.15, 0.2) is 0 Å². The average Bonchev–Trinajstić information content (AvgIpc) is 2.85. The topological polar surface area (TPSA) is 39.1 Å². The Bertz CT molecular complexity index is 279. The van der Waals surface area contributed by atoms with E-state index in [0.29, 0.717) is 6.04 Å². The summed E-state index contributed by atoms with van der Waals surface area (Å²) < 4.78 is 7.50. The molecule has 0 radical (unpaired) electrons. The van der Waals surface area contributed by atoms with Gasteiger partial charge in [-0.15, -0.1) is 0 Å². The molecule has 2 heterocycles. The summed E-state index contributed by atoms with van der Waals surface area (Å²) >= 11 is 0. The van der Waals surface area contributed by atoms with Crippen LogP contribution in [0.3, 0.4) is 0 Å². The van der Waals surface area contributed by atoms with Gasteiger partial charge in [0.1, 0.15) is 0 Å². The van der Waals surface area contributed by atoms with E-state index >= 15 is 0 Å². The Morgan fingerprint density at radius 2 is 2.64 bits per heavy atom. The first kappa shape index (κ1) is 9.68. The van der Waals surface area contributed by atoms with Gasteiger partial charge in [-0.05, 0) is 13.0 Å². The highest BCUT2D eigenvalue weighted by Gasteiger charge is 2.17. The molecular weight excluding hydrogens is 178 g/mol. The van der Waals surface area contributed by atoms with Crippen molar-refractivity contribution < 1.29 is 4.74 Å². The van der Waals surface area contributed by atoms with E-state index in [-0.39, 0.29) is 0 Å². The SMILES string of the molecule is CCNCc1cn(C2CCOC2)cn1. The normalized spacial score (nSPS) is 21.6. The Hall–Kier alpha value is -0.870. The van der Waals surface area contributed by atoms with Gasteiger partial charge in [0.25, 0.3) is 0 Å². The molecule has 1 atom stereocenters. The van der Waals surface area contributed by atoms with Crippen LogP contribution in [0.25, 0.3) is 0 Å². The highest BCUT2D eigenvalue weighted by molar-refractivity contribution is 4.98. The Labute approximate surface area is 84.3 Å². The number of imidazole rings is 1. The Morgan fingerprint density at radius 1 is 1.71 bits per heavy atom. The van der Waals surface area contributed by atoms with E-state index in [1.54, 1.807) is 0 Å². The van der Waals surface area contributed by atoms with Gasteiger partial charge >= 0.3 is 0 Å². The molecule has 78 valence electrons. The van der Waals surface area contributed by atoms with E-state index in [9.17, 15) is 0 Å². The molecule has 0 amide bonds. The monoisotopic (exact) mass is 195 g/mol. The van der Waals surface area contributed by atoms with E-state index in [2.05, 4.69) is 28.0 Å². The van der Waals surface area contributed by atoms with Crippen molar-refractivity contribution in [1.82, 2.24) is 14.9 Å². The number of nitrogens with one attached hydrogen (secondary N) is 1. The fraction of sp³-hybridized carbons (Fsp3) is 0.700. The second-order valence-corrected chi connectivity index (χ2v) is 3.61. The van der Waals surface area contributed by atoms with E-state index in [1.807, 2.05) is 6.33 Å². The lowest BCUT2D eigenvalue weighted by molar-refractivity contribution is 0.186. The first-order chi connectivity index (χ1) is 6.90. The summed E-state index contributed by atoms with van der Waals surface area (Å²) in [6.07, 6.45) is 5.13. The smallest absolute Gasteiger partial charge is 0.0953 e. The van der Waals surface area contributed by atoms with E-state index in [4.69, 9.17) is 4.74 Å². The molecule has 0 aromatic carbocycles. The predicted octanol–water partition coefficient (Wildman–Crippen LogP) is 0.954. The summed E-state index contributed by atoms with van der Waals surface area (Å²) in [5.41, 5.74) is 1.11. The number of aromatic nitrogens is 2. The lowest BCUT2D eigenvalue weighted by atomic mass is 10.2. The number of rotatable bonds is 4. The maximum atomic E-state index is 5.34. The molecule has 0 aliphatic carbocycles. The van der Waals surface area contributed by atoms with Crippen molar-refractivity contribution >= 4 is 0 Å². The molecule has 1 aromatic rings. The predicted molar refractivity (Wildman–Crippen MR) is 54.1 cm³/mol. The van der Waals surface area contributed by atoms with Crippen LogP contribution in [0.4, 0.5) is 0 Å². The van der Waals surface area contributed by atoms with Crippen LogP contribution in [0.5, 0.6) is 0 Å². The van der Waals surface area contributed by atoms with Crippen LogP contribution in [0.2, 0.25) is 0 Å². The molecule has 0 bridgehead atoms. The molecule has 1 aliphatic heterocycles. The molecule has 14 heavy (non-hydrogen) atoms. The van der Waals surface area contributed by atoms with Crippen LogP contribution in [-0.4, -0.2) is 29.3 Å². The Kier molecular flexibility index (Phi) is 3.16. The van der Waals surface area contributed by atoms with Crippen LogP contribution in [0, 0.1) is 0 Å². The van der Waals surface area contributed by atoms with Gasteiger partial charge in [-0.1, -0.05) is 6.92 Å². The molecular formula is C10H17N3O. The average molecular weight is 195 g/mol. The highest BCUT2D eigenvalue weighted by atomic mass is 16.5. The number of hydrogen-bond acceptors (Lipinski definition) is 3. The minimum atomic E-state index is 0.498. The van der Waals surface area contributed by atoms with E-state index in [1.165, 1.54) is 0 Å². The third kappa shape index (κ3) is 2.13. The number of ether oxygens (including phenoxy) is 1. The third-order valence-electron chi connectivity index (χ3n) is 2.54. The molecule has 0 spiro atoms. The van der Waals surface area contributed by atoms with Crippen LogP contribution in [0.1, 0.15) is 25.1 Å². The van der Waals surface area contributed by atoms with Gasteiger partial charge in [0, 0.05) is 19.3 Å². The van der Waals surface area contributed by atoms with Gasteiger partial charge < -0.3 is 14.6 Å². The first-order valence-electron chi connectivity index (χ1n) is 5.21. The summed E-state index contributed by atoms with van der Waals surface area (Å²) in [5, 5.41) is 3.26. The molecule has 4 nitrogen and oxygen atoms in total. The summed E-state index contributed by atoms with van der Waals surface area (Å²) in [6, 6.07) is 0.498. The first-order valence-corrected chi connectivity index (χ1v) is 5.21. The van der Waals surface area contributed by atoms with Gasteiger partial charge in [0.2, 0.25) is 0 Å². The molecule has 1 aliphatic rings.